The van der Waals surface area contributed by atoms with E-state index in [1.54, 1.807) is 14.2 Å². The Labute approximate surface area is 238 Å². The van der Waals surface area contributed by atoms with Crippen molar-refractivity contribution in [2.45, 2.75) is 59.2 Å². The molecule has 0 radical (unpaired) electrons. The summed E-state index contributed by atoms with van der Waals surface area (Å²) in [7, 11) is 3.40. The first-order valence-electron chi connectivity index (χ1n) is 13.9. The molecular weight excluding hydrogens is 506 g/mol. The van der Waals surface area contributed by atoms with Crippen molar-refractivity contribution in [2.24, 2.45) is 0 Å². The second-order valence-electron chi connectivity index (χ2n) is 9.83. The van der Waals surface area contributed by atoms with Gasteiger partial charge in [-0.15, -0.1) is 0 Å². The van der Waals surface area contributed by atoms with E-state index in [-0.39, 0.29) is 0 Å². The molecule has 0 amide bonds. The molecule has 206 valence electrons. The second-order valence-corrected chi connectivity index (χ2v) is 10.3. The summed E-state index contributed by atoms with van der Waals surface area (Å²) in [5.41, 5.74) is 5.56. The number of benzene rings is 3. The summed E-state index contributed by atoms with van der Waals surface area (Å²) < 4.78 is 13.8. The van der Waals surface area contributed by atoms with Crippen LogP contribution in [0.2, 0.25) is 5.02 Å². The second kappa shape index (κ2) is 14.2. The van der Waals surface area contributed by atoms with E-state index in [1.165, 1.54) is 5.69 Å². The maximum atomic E-state index is 6.27. The van der Waals surface area contributed by atoms with Gasteiger partial charge in [0, 0.05) is 41.3 Å². The Hall–Kier alpha value is -3.28. The summed E-state index contributed by atoms with van der Waals surface area (Å²) in [4.78, 5) is 7.79. The van der Waals surface area contributed by atoms with E-state index in [0.717, 1.165) is 96.6 Å². The average molecular weight is 546 g/mol. The van der Waals surface area contributed by atoms with Gasteiger partial charge in [0.2, 0.25) is 0 Å². The number of ether oxygens (including phenoxy) is 2. The standard InChI is InChI=1S/C33H40ClN3O2/c1-5-7-21-36(23-27-15-12-16-30(38-3)32(27)39-4)24-29-31(25-17-19-28(34)20-18-25)35-33(37(29)22-8-6-2)26-13-10-9-11-14-26/h9-20H,5-8,21-24H2,1-4H3. The molecule has 6 heteroatoms. The number of hydrogen-bond acceptors (Lipinski definition) is 4. The maximum absolute atomic E-state index is 6.27. The summed E-state index contributed by atoms with van der Waals surface area (Å²) in [5.74, 6) is 2.56. The fraction of sp³-hybridized carbons (Fsp3) is 0.364. The first-order chi connectivity index (χ1) is 19.1. The zero-order valence-electron chi connectivity index (χ0n) is 23.6. The van der Waals surface area contributed by atoms with Crippen LogP contribution < -0.4 is 9.47 Å². The van der Waals surface area contributed by atoms with Crippen molar-refractivity contribution in [1.82, 2.24) is 14.5 Å². The van der Waals surface area contributed by atoms with Gasteiger partial charge in [-0.2, -0.15) is 0 Å². The van der Waals surface area contributed by atoms with Gasteiger partial charge in [0.05, 0.1) is 25.6 Å². The van der Waals surface area contributed by atoms with Crippen molar-refractivity contribution in [2.75, 3.05) is 20.8 Å². The molecule has 1 heterocycles. The van der Waals surface area contributed by atoms with Crippen LogP contribution in [-0.4, -0.2) is 35.2 Å². The summed E-state index contributed by atoms with van der Waals surface area (Å²) in [6.45, 7) is 7.88. The smallest absolute Gasteiger partial charge is 0.165 e. The number of imidazole rings is 1. The van der Waals surface area contributed by atoms with Crippen molar-refractivity contribution in [3.8, 4) is 34.1 Å². The summed E-state index contributed by atoms with van der Waals surface area (Å²) in [6.07, 6.45) is 4.43. The Morgan fingerprint density at radius 2 is 1.54 bits per heavy atom. The predicted molar refractivity (Wildman–Crippen MR) is 162 cm³/mol. The fourth-order valence-electron chi connectivity index (χ4n) is 4.98. The Kier molecular flexibility index (Phi) is 10.5. The molecule has 0 N–H and O–H groups in total. The minimum atomic E-state index is 0.726. The Morgan fingerprint density at radius 3 is 2.21 bits per heavy atom. The van der Waals surface area contributed by atoms with Gasteiger partial charge >= 0.3 is 0 Å². The van der Waals surface area contributed by atoms with Crippen molar-refractivity contribution >= 4 is 11.6 Å². The fourth-order valence-corrected chi connectivity index (χ4v) is 5.10. The molecule has 0 saturated carbocycles. The van der Waals surface area contributed by atoms with Crippen LogP contribution >= 0.6 is 11.6 Å². The van der Waals surface area contributed by atoms with Gasteiger partial charge in [0.25, 0.3) is 0 Å². The molecule has 0 atom stereocenters. The number of hydrogen-bond donors (Lipinski definition) is 0. The molecule has 0 bridgehead atoms. The Bertz CT molecular complexity index is 1320. The molecule has 39 heavy (non-hydrogen) atoms. The van der Waals surface area contributed by atoms with E-state index in [2.05, 4.69) is 71.8 Å². The lowest BCUT2D eigenvalue weighted by Crippen LogP contribution is -2.26. The lowest BCUT2D eigenvalue weighted by atomic mass is 10.1. The van der Waals surface area contributed by atoms with Gasteiger partial charge in [0.15, 0.2) is 11.5 Å². The average Bonchev–Trinajstić information content (AvgIpc) is 3.33. The highest BCUT2D eigenvalue weighted by molar-refractivity contribution is 6.30. The van der Waals surface area contributed by atoms with Gasteiger partial charge in [-0.25, -0.2) is 4.98 Å². The molecule has 0 spiro atoms. The lowest BCUT2D eigenvalue weighted by Gasteiger charge is -2.25. The largest absolute Gasteiger partial charge is 0.493 e. The number of para-hydroxylation sites is 1. The van der Waals surface area contributed by atoms with Crippen molar-refractivity contribution in [1.29, 1.82) is 0 Å². The molecular formula is C33H40ClN3O2. The van der Waals surface area contributed by atoms with Crippen LogP contribution in [0.5, 0.6) is 11.5 Å². The highest BCUT2D eigenvalue weighted by Gasteiger charge is 2.23. The van der Waals surface area contributed by atoms with Gasteiger partial charge in [-0.05, 0) is 37.6 Å². The molecule has 4 aromatic rings. The van der Waals surface area contributed by atoms with Crippen LogP contribution in [0.3, 0.4) is 0 Å². The van der Waals surface area contributed by atoms with Gasteiger partial charge in [-0.1, -0.05) is 92.9 Å². The molecule has 0 aliphatic rings. The van der Waals surface area contributed by atoms with E-state index >= 15 is 0 Å². The minimum Gasteiger partial charge on any atom is -0.493 e. The zero-order valence-corrected chi connectivity index (χ0v) is 24.4. The van der Waals surface area contributed by atoms with Crippen LogP contribution in [0.15, 0.2) is 72.8 Å². The summed E-state index contributed by atoms with van der Waals surface area (Å²) in [6, 6.07) is 24.7. The van der Waals surface area contributed by atoms with Crippen LogP contribution in [0.4, 0.5) is 0 Å². The normalized spacial score (nSPS) is 11.2. The zero-order chi connectivity index (χ0) is 27.6. The predicted octanol–water partition coefficient (Wildman–Crippen LogP) is 8.49. The van der Waals surface area contributed by atoms with Gasteiger partial charge in [0.1, 0.15) is 5.82 Å². The van der Waals surface area contributed by atoms with E-state index in [0.29, 0.717) is 0 Å². The molecule has 0 saturated heterocycles. The highest BCUT2D eigenvalue weighted by atomic mass is 35.5. The van der Waals surface area contributed by atoms with Gasteiger partial charge < -0.3 is 14.0 Å². The number of unbranched alkanes of at least 4 members (excludes halogenated alkanes) is 2. The number of halogens is 1. The van der Waals surface area contributed by atoms with Crippen LogP contribution in [-0.2, 0) is 19.6 Å². The van der Waals surface area contributed by atoms with Crippen LogP contribution in [0.25, 0.3) is 22.6 Å². The number of aromatic nitrogens is 2. The third-order valence-electron chi connectivity index (χ3n) is 7.04. The minimum absolute atomic E-state index is 0.726. The molecule has 3 aromatic carbocycles. The number of rotatable bonds is 14. The van der Waals surface area contributed by atoms with E-state index in [1.807, 2.05) is 24.3 Å². The van der Waals surface area contributed by atoms with E-state index in [9.17, 15) is 0 Å². The van der Waals surface area contributed by atoms with E-state index in [4.69, 9.17) is 26.1 Å². The molecule has 5 nitrogen and oxygen atoms in total. The third kappa shape index (κ3) is 7.03. The summed E-state index contributed by atoms with van der Waals surface area (Å²) in [5, 5.41) is 0.726. The molecule has 4 rings (SSSR count). The SMILES string of the molecule is CCCCN(Cc1cccc(OC)c1OC)Cc1c(-c2ccc(Cl)cc2)nc(-c2ccccc2)n1CCCC. The van der Waals surface area contributed by atoms with Crippen LogP contribution in [0, 0.1) is 0 Å². The van der Waals surface area contributed by atoms with Crippen molar-refractivity contribution in [3.63, 3.8) is 0 Å². The quantitative estimate of drug-likeness (QED) is 0.159. The number of nitrogens with zero attached hydrogens (tertiary/aromatic N) is 3. The first kappa shape index (κ1) is 28.7. The Morgan fingerprint density at radius 1 is 0.795 bits per heavy atom. The van der Waals surface area contributed by atoms with Crippen molar-refractivity contribution in [3.05, 3.63) is 89.1 Å². The monoisotopic (exact) mass is 545 g/mol. The lowest BCUT2D eigenvalue weighted by molar-refractivity contribution is 0.241. The molecule has 0 fully saturated rings. The van der Waals surface area contributed by atoms with E-state index < -0.39 is 0 Å². The molecule has 0 aliphatic carbocycles. The highest BCUT2D eigenvalue weighted by Crippen LogP contribution is 2.34. The number of methoxy groups -OCH3 is 2. The molecule has 1 aromatic heterocycles. The first-order valence-corrected chi connectivity index (χ1v) is 14.3. The topological polar surface area (TPSA) is 39.5 Å². The third-order valence-corrected chi connectivity index (χ3v) is 7.29. The molecule has 0 unspecified atom stereocenters. The van der Waals surface area contributed by atoms with Crippen LogP contribution in [0.1, 0.15) is 50.8 Å². The summed E-state index contributed by atoms with van der Waals surface area (Å²) >= 11 is 6.27. The molecule has 0 aliphatic heterocycles. The van der Waals surface area contributed by atoms with Crippen molar-refractivity contribution < 1.29 is 9.47 Å². The Balaban J connectivity index is 1.82. The van der Waals surface area contributed by atoms with Gasteiger partial charge in [-0.3, -0.25) is 4.90 Å². The maximum Gasteiger partial charge on any atom is 0.165 e.